The number of hydrogen-bond acceptors (Lipinski definition) is 3. The number of benzene rings is 9. The molecule has 0 radical (unpaired) electrons. The molecule has 9 aromatic carbocycles. The summed E-state index contributed by atoms with van der Waals surface area (Å²) in [7, 11) is 0. The summed E-state index contributed by atoms with van der Waals surface area (Å²) in [6.07, 6.45) is 1.85. The molecule has 0 saturated heterocycles. The van der Waals surface area contributed by atoms with Gasteiger partial charge in [-0.1, -0.05) is 176 Å². The fraction of sp³-hybridized carbons (Fsp3) is 0.0172. The van der Waals surface area contributed by atoms with Crippen LogP contribution in [0.3, 0.4) is 0 Å². The topological polar surface area (TPSA) is 38.7 Å². The number of hydrogen-bond donors (Lipinski definition) is 0. The van der Waals surface area contributed by atoms with Crippen molar-refractivity contribution in [3.8, 4) is 33.6 Å². The van der Waals surface area contributed by atoms with Crippen molar-refractivity contribution in [2.75, 3.05) is 0 Å². The van der Waals surface area contributed by atoms with Gasteiger partial charge < -0.3 is 0 Å². The van der Waals surface area contributed by atoms with Crippen LogP contribution in [0.5, 0.6) is 0 Å². The van der Waals surface area contributed by atoms with Crippen molar-refractivity contribution in [1.29, 1.82) is 0 Å². The van der Waals surface area contributed by atoms with Gasteiger partial charge in [0.25, 0.3) is 0 Å². The molecule has 0 saturated carbocycles. The Morgan fingerprint density at radius 1 is 0.361 bits per heavy atom. The Bertz CT molecular complexity index is 3720. The van der Waals surface area contributed by atoms with E-state index in [9.17, 15) is 0 Å². The van der Waals surface area contributed by atoms with Crippen LogP contribution in [-0.2, 0) is 5.41 Å². The second kappa shape index (κ2) is 13.0. The third-order valence-electron chi connectivity index (χ3n) is 13.1. The van der Waals surface area contributed by atoms with Crippen molar-refractivity contribution in [2.24, 2.45) is 0 Å². The highest BCUT2D eigenvalue weighted by Crippen LogP contribution is 2.58. The fourth-order valence-electron chi connectivity index (χ4n) is 10.5. The summed E-state index contributed by atoms with van der Waals surface area (Å²) in [6, 6.07) is 75.0. The summed E-state index contributed by atoms with van der Waals surface area (Å²) in [5.41, 5.74) is 14.0. The van der Waals surface area contributed by atoms with E-state index in [4.69, 9.17) is 15.0 Å². The third-order valence-corrected chi connectivity index (χ3v) is 13.1. The molecule has 3 heterocycles. The van der Waals surface area contributed by atoms with Crippen LogP contribution in [0, 0.1) is 0 Å². The number of pyridine rings is 3. The van der Waals surface area contributed by atoms with Crippen LogP contribution in [0.25, 0.3) is 98.7 Å². The summed E-state index contributed by atoms with van der Waals surface area (Å²) in [5.74, 6) is 0. The van der Waals surface area contributed by atoms with Crippen LogP contribution in [0.2, 0.25) is 0 Å². The summed E-state index contributed by atoms with van der Waals surface area (Å²) in [5, 5.41) is 10.3. The molecule has 282 valence electrons. The molecule has 0 bridgehead atoms. The van der Waals surface area contributed by atoms with Crippen LogP contribution in [0.15, 0.2) is 212 Å². The Hall–Kier alpha value is -8.01. The van der Waals surface area contributed by atoms with Gasteiger partial charge in [-0.3, -0.25) is 4.98 Å². The van der Waals surface area contributed by atoms with E-state index >= 15 is 0 Å². The predicted octanol–water partition coefficient (Wildman–Crippen LogP) is 14.5. The molecule has 0 unspecified atom stereocenters. The summed E-state index contributed by atoms with van der Waals surface area (Å²) >= 11 is 0. The average molecular weight is 774 g/mol. The molecule has 1 aliphatic rings. The minimum atomic E-state index is -0.491. The van der Waals surface area contributed by atoms with Gasteiger partial charge >= 0.3 is 0 Å². The van der Waals surface area contributed by atoms with Crippen molar-refractivity contribution in [3.63, 3.8) is 0 Å². The summed E-state index contributed by atoms with van der Waals surface area (Å²) in [4.78, 5) is 15.8. The lowest BCUT2D eigenvalue weighted by atomic mass is 9.67. The van der Waals surface area contributed by atoms with E-state index in [0.717, 1.165) is 66.0 Å². The minimum absolute atomic E-state index is 0.491. The zero-order chi connectivity index (χ0) is 40.1. The highest BCUT2D eigenvalue weighted by molar-refractivity contribution is 6.21. The van der Waals surface area contributed by atoms with Gasteiger partial charge in [0.2, 0.25) is 0 Å². The molecule has 0 spiro atoms. The van der Waals surface area contributed by atoms with Gasteiger partial charge in [-0.15, -0.1) is 0 Å². The van der Waals surface area contributed by atoms with Crippen LogP contribution >= 0.6 is 0 Å². The normalized spacial score (nSPS) is 13.0. The first-order chi connectivity index (χ1) is 30.3. The molecule has 61 heavy (non-hydrogen) atoms. The highest BCUT2D eigenvalue weighted by atomic mass is 14.8. The van der Waals surface area contributed by atoms with Crippen molar-refractivity contribution in [2.45, 2.75) is 5.41 Å². The molecule has 0 amide bonds. The van der Waals surface area contributed by atoms with E-state index in [1.54, 1.807) is 0 Å². The first-order valence-electron chi connectivity index (χ1n) is 20.9. The Kier molecular flexibility index (Phi) is 7.22. The van der Waals surface area contributed by atoms with E-state index in [0.29, 0.717) is 0 Å². The van der Waals surface area contributed by atoms with Gasteiger partial charge in [0.05, 0.1) is 33.4 Å². The van der Waals surface area contributed by atoms with E-state index in [1.165, 1.54) is 54.9 Å². The quantitative estimate of drug-likeness (QED) is 0.132. The Balaban J connectivity index is 1.10. The van der Waals surface area contributed by atoms with Gasteiger partial charge in [0.15, 0.2) is 0 Å². The maximum atomic E-state index is 5.70. The second-order valence-corrected chi connectivity index (χ2v) is 16.2. The SMILES string of the molecule is c1ccc(C2(c3ccccc3)c3ccccc3-c3c2ccc2nc(-c4ccc(-c5ccc6ccc7cccnc7c6n5)c5cc6ccccc6cc45)c4ccccc4c32)cc1. The lowest BCUT2D eigenvalue weighted by molar-refractivity contribution is 0.769. The fourth-order valence-corrected chi connectivity index (χ4v) is 10.5. The Morgan fingerprint density at radius 3 is 1.74 bits per heavy atom. The van der Waals surface area contributed by atoms with Crippen LogP contribution < -0.4 is 0 Å². The van der Waals surface area contributed by atoms with Gasteiger partial charge in [-0.05, 0) is 90.6 Å². The lowest BCUT2D eigenvalue weighted by Crippen LogP contribution is -2.28. The zero-order valence-electron chi connectivity index (χ0n) is 33.0. The molecule has 13 rings (SSSR count). The summed E-state index contributed by atoms with van der Waals surface area (Å²) in [6.45, 7) is 0. The van der Waals surface area contributed by atoms with Crippen molar-refractivity contribution < 1.29 is 0 Å². The van der Waals surface area contributed by atoms with Crippen LogP contribution in [-0.4, -0.2) is 15.0 Å². The Labute approximate surface area is 352 Å². The van der Waals surface area contributed by atoms with E-state index in [1.807, 2.05) is 12.3 Å². The van der Waals surface area contributed by atoms with E-state index < -0.39 is 5.41 Å². The number of aromatic nitrogens is 3. The average Bonchev–Trinajstić information content (AvgIpc) is 3.64. The van der Waals surface area contributed by atoms with Crippen LogP contribution in [0.4, 0.5) is 0 Å². The minimum Gasteiger partial charge on any atom is -0.254 e. The van der Waals surface area contributed by atoms with Gasteiger partial charge in [-0.25, -0.2) is 9.97 Å². The monoisotopic (exact) mass is 773 g/mol. The maximum absolute atomic E-state index is 5.70. The van der Waals surface area contributed by atoms with Gasteiger partial charge in [0.1, 0.15) is 0 Å². The maximum Gasteiger partial charge on any atom is 0.0972 e. The van der Waals surface area contributed by atoms with E-state index in [2.05, 4.69) is 200 Å². The number of rotatable bonds is 4. The van der Waals surface area contributed by atoms with Crippen molar-refractivity contribution >= 4 is 65.0 Å². The first kappa shape index (κ1) is 33.9. The van der Waals surface area contributed by atoms with Gasteiger partial charge in [0, 0.05) is 38.9 Å². The first-order valence-corrected chi connectivity index (χ1v) is 20.9. The van der Waals surface area contributed by atoms with Crippen molar-refractivity contribution in [3.05, 3.63) is 235 Å². The van der Waals surface area contributed by atoms with Crippen LogP contribution in [0.1, 0.15) is 22.3 Å². The third kappa shape index (κ3) is 4.83. The molecule has 12 aromatic rings. The molecule has 1 aliphatic carbocycles. The molecule has 3 aromatic heterocycles. The molecule has 3 heteroatoms. The molecule has 0 aliphatic heterocycles. The highest BCUT2D eigenvalue weighted by Gasteiger charge is 2.46. The second-order valence-electron chi connectivity index (χ2n) is 16.2. The molecule has 0 N–H and O–H groups in total. The standard InChI is InChI=1S/C58H35N3/c1-3-17-40(18-4-1)58(41-19-5-2-6-20-41)49-24-12-11-23-46(49)53-50(58)30-32-52-54(53)43-21-9-10-22-44(43)57(61-52)45-29-28-42(47-34-38-14-7-8-15-39(38)35-48(45)47)51-31-27-37-26-25-36-16-13-33-59-55(36)56(37)60-51/h1-35H. The Morgan fingerprint density at radius 2 is 0.967 bits per heavy atom. The van der Waals surface area contributed by atoms with Crippen molar-refractivity contribution in [1.82, 2.24) is 15.0 Å². The number of nitrogens with zero attached hydrogens (tertiary/aromatic N) is 3. The smallest absolute Gasteiger partial charge is 0.0972 e. The predicted molar refractivity (Wildman–Crippen MR) is 253 cm³/mol. The molecular formula is C58H35N3. The lowest BCUT2D eigenvalue weighted by Gasteiger charge is -2.34. The van der Waals surface area contributed by atoms with Gasteiger partial charge in [-0.2, -0.15) is 0 Å². The molecule has 0 atom stereocenters. The largest absolute Gasteiger partial charge is 0.254 e. The van der Waals surface area contributed by atoms with E-state index in [-0.39, 0.29) is 0 Å². The zero-order valence-corrected chi connectivity index (χ0v) is 33.0. The molecule has 0 fully saturated rings. The number of fused-ring (bicyclic) bond motifs is 12. The molecule has 3 nitrogen and oxygen atoms in total. The molecular weight excluding hydrogens is 739 g/mol. The summed E-state index contributed by atoms with van der Waals surface area (Å²) < 4.78 is 0.